The van der Waals surface area contributed by atoms with E-state index in [1.807, 2.05) is 18.2 Å². The Hall–Kier alpha value is -2.16. The van der Waals surface area contributed by atoms with Crippen LogP contribution in [0.15, 0.2) is 59.8 Å². The number of nitrogens with one attached hydrogen (secondary N) is 1. The Bertz CT molecular complexity index is 1070. The number of rotatable bonds is 8. The second kappa shape index (κ2) is 9.32. The summed E-state index contributed by atoms with van der Waals surface area (Å²) in [7, 11) is -3.20. The zero-order valence-corrected chi connectivity index (χ0v) is 19.4. The molecule has 0 amide bonds. The fraction of sp³-hybridized carbons (Fsp3) is 0.364. The average Bonchev–Trinajstić information content (AvgIpc) is 3.07. The molecule has 3 aromatic rings. The predicted octanol–water partition coefficient (Wildman–Crippen LogP) is 3.93. The van der Waals surface area contributed by atoms with Gasteiger partial charge in [0.25, 0.3) is 0 Å². The Morgan fingerprint density at radius 3 is 2.27 bits per heavy atom. The summed E-state index contributed by atoms with van der Waals surface area (Å²) in [5.41, 5.74) is 3.51. The molecule has 160 valence electrons. The fourth-order valence-corrected chi connectivity index (χ4v) is 4.40. The number of aromatic nitrogens is 3. The highest BCUT2D eigenvalue weighted by molar-refractivity contribution is 7.99. The van der Waals surface area contributed by atoms with Gasteiger partial charge in [0, 0.05) is 17.9 Å². The van der Waals surface area contributed by atoms with Crippen LogP contribution in [0.5, 0.6) is 0 Å². The molecule has 1 heterocycles. The second-order valence-corrected chi connectivity index (χ2v) is 11.1. The molecule has 0 fully saturated rings. The molecule has 6 nitrogen and oxygen atoms in total. The van der Waals surface area contributed by atoms with Gasteiger partial charge in [-0.3, -0.25) is 4.57 Å². The molecular weight excluding hydrogens is 416 g/mol. The van der Waals surface area contributed by atoms with Gasteiger partial charge in [-0.2, -0.15) is 0 Å². The minimum Gasteiger partial charge on any atom is -0.298 e. The topological polar surface area (TPSA) is 76.9 Å². The van der Waals surface area contributed by atoms with Crippen molar-refractivity contribution in [1.82, 2.24) is 19.5 Å². The lowest BCUT2D eigenvalue weighted by Crippen LogP contribution is -2.24. The van der Waals surface area contributed by atoms with Gasteiger partial charge < -0.3 is 0 Å². The van der Waals surface area contributed by atoms with Crippen molar-refractivity contribution < 1.29 is 8.42 Å². The van der Waals surface area contributed by atoms with Crippen LogP contribution in [0.1, 0.15) is 31.9 Å². The van der Waals surface area contributed by atoms with Gasteiger partial charge in [0.05, 0.1) is 12.8 Å². The summed E-state index contributed by atoms with van der Waals surface area (Å²) in [6, 6.07) is 18.6. The summed E-state index contributed by atoms with van der Waals surface area (Å²) in [5.74, 6) is 1.38. The molecule has 0 unspecified atom stereocenters. The minimum atomic E-state index is -3.20. The van der Waals surface area contributed by atoms with Crippen molar-refractivity contribution in [3.05, 3.63) is 65.7 Å². The highest BCUT2D eigenvalue weighted by Gasteiger charge is 2.17. The van der Waals surface area contributed by atoms with Gasteiger partial charge in [0.15, 0.2) is 11.0 Å². The maximum Gasteiger partial charge on any atom is 0.208 e. The number of hydrogen-bond donors (Lipinski definition) is 1. The molecule has 30 heavy (non-hydrogen) atoms. The lowest BCUT2D eigenvalue weighted by Gasteiger charge is -2.19. The van der Waals surface area contributed by atoms with E-state index in [-0.39, 0.29) is 5.41 Å². The molecule has 0 atom stereocenters. The minimum absolute atomic E-state index is 0.0872. The molecule has 0 aliphatic carbocycles. The van der Waals surface area contributed by atoms with Crippen LogP contribution in [0, 0.1) is 0 Å². The van der Waals surface area contributed by atoms with Crippen molar-refractivity contribution in [2.45, 2.75) is 37.9 Å². The van der Waals surface area contributed by atoms with Gasteiger partial charge in [-0.15, -0.1) is 10.2 Å². The van der Waals surface area contributed by atoms with Crippen molar-refractivity contribution in [3.63, 3.8) is 0 Å². The molecule has 0 spiro atoms. The average molecular weight is 445 g/mol. The van der Waals surface area contributed by atoms with Gasteiger partial charge in [0.2, 0.25) is 10.0 Å². The normalized spacial score (nSPS) is 12.3. The van der Waals surface area contributed by atoms with Crippen LogP contribution in [0.25, 0.3) is 11.4 Å². The van der Waals surface area contributed by atoms with E-state index in [1.54, 1.807) is 0 Å². The summed E-state index contributed by atoms with van der Waals surface area (Å²) < 4.78 is 27.2. The smallest absolute Gasteiger partial charge is 0.208 e. The standard InChI is InChI=1S/C22H28N4O2S2/c1-22(2,3)19-12-10-18(11-13-19)20-24-25-21(29-15-14-23-30(4,27)28)26(20)16-17-8-6-5-7-9-17/h5-13,23H,14-16H2,1-4H3. The number of thioether (sulfide) groups is 1. The van der Waals surface area contributed by atoms with Gasteiger partial charge in [-0.25, -0.2) is 13.1 Å². The monoisotopic (exact) mass is 444 g/mol. The fourth-order valence-electron chi connectivity index (χ4n) is 3.01. The number of nitrogens with zero attached hydrogens (tertiary/aromatic N) is 3. The van der Waals surface area contributed by atoms with Crippen LogP contribution in [0.2, 0.25) is 0 Å². The van der Waals surface area contributed by atoms with Crippen LogP contribution < -0.4 is 4.72 Å². The maximum atomic E-state index is 11.3. The molecule has 3 rings (SSSR count). The van der Waals surface area contributed by atoms with Gasteiger partial charge in [-0.1, -0.05) is 87.1 Å². The molecule has 8 heteroatoms. The van der Waals surface area contributed by atoms with Gasteiger partial charge >= 0.3 is 0 Å². The molecule has 0 saturated heterocycles. The second-order valence-electron chi connectivity index (χ2n) is 8.22. The number of sulfonamides is 1. The predicted molar refractivity (Wildman–Crippen MR) is 123 cm³/mol. The lowest BCUT2D eigenvalue weighted by atomic mass is 9.87. The van der Waals surface area contributed by atoms with E-state index in [1.165, 1.54) is 17.3 Å². The van der Waals surface area contributed by atoms with Crippen molar-refractivity contribution >= 4 is 21.8 Å². The highest BCUT2D eigenvalue weighted by Crippen LogP contribution is 2.28. The first-order valence-corrected chi connectivity index (χ1v) is 12.7. The summed E-state index contributed by atoms with van der Waals surface area (Å²) in [4.78, 5) is 0. The zero-order valence-electron chi connectivity index (χ0n) is 17.8. The van der Waals surface area contributed by atoms with Gasteiger partial charge in [0.1, 0.15) is 0 Å². The van der Waals surface area contributed by atoms with E-state index in [0.29, 0.717) is 18.8 Å². The lowest BCUT2D eigenvalue weighted by molar-refractivity contribution is 0.589. The zero-order chi connectivity index (χ0) is 21.8. The molecule has 0 saturated carbocycles. The Morgan fingerprint density at radius 1 is 1.00 bits per heavy atom. The third kappa shape index (κ3) is 6.17. The van der Waals surface area contributed by atoms with E-state index in [2.05, 4.69) is 76.7 Å². The van der Waals surface area contributed by atoms with E-state index in [0.717, 1.165) is 28.4 Å². The van der Waals surface area contributed by atoms with Crippen molar-refractivity contribution in [3.8, 4) is 11.4 Å². The Kier molecular flexibility index (Phi) is 7.00. The van der Waals surface area contributed by atoms with Crippen LogP contribution in [0.4, 0.5) is 0 Å². The Morgan fingerprint density at radius 2 is 1.67 bits per heavy atom. The Labute approximate surface area is 183 Å². The van der Waals surface area contributed by atoms with E-state index >= 15 is 0 Å². The molecular formula is C22H28N4O2S2. The maximum absolute atomic E-state index is 11.3. The van der Waals surface area contributed by atoms with E-state index in [9.17, 15) is 8.42 Å². The van der Waals surface area contributed by atoms with Crippen LogP contribution >= 0.6 is 11.8 Å². The van der Waals surface area contributed by atoms with Crippen molar-refractivity contribution in [1.29, 1.82) is 0 Å². The molecule has 1 aromatic heterocycles. The molecule has 0 radical (unpaired) electrons. The first kappa shape index (κ1) is 22.5. The summed E-state index contributed by atoms with van der Waals surface area (Å²) >= 11 is 1.49. The summed E-state index contributed by atoms with van der Waals surface area (Å²) in [6.45, 7) is 7.57. The number of hydrogen-bond acceptors (Lipinski definition) is 5. The largest absolute Gasteiger partial charge is 0.298 e. The highest BCUT2D eigenvalue weighted by atomic mass is 32.2. The third-order valence-electron chi connectivity index (χ3n) is 4.61. The first-order valence-electron chi connectivity index (χ1n) is 9.79. The number of benzene rings is 2. The molecule has 0 aliphatic heterocycles. The van der Waals surface area contributed by atoms with E-state index in [4.69, 9.17) is 0 Å². The Balaban J connectivity index is 1.87. The van der Waals surface area contributed by atoms with Crippen LogP contribution in [-0.4, -0.2) is 41.7 Å². The van der Waals surface area contributed by atoms with Gasteiger partial charge in [-0.05, 0) is 16.5 Å². The van der Waals surface area contributed by atoms with Crippen LogP contribution in [-0.2, 0) is 22.0 Å². The van der Waals surface area contributed by atoms with E-state index < -0.39 is 10.0 Å². The summed E-state index contributed by atoms with van der Waals surface area (Å²) in [6.07, 6.45) is 1.16. The quantitative estimate of drug-likeness (QED) is 0.421. The third-order valence-corrected chi connectivity index (χ3v) is 6.30. The molecule has 0 bridgehead atoms. The van der Waals surface area contributed by atoms with Crippen LogP contribution in [0.3, 0.4) is 0 Å². The van der Waals surface area contributed by atoms with Crippen molar-refractivity contribution in [2.24, 2.45) is 0 Å². The summed E-state index contributed by atoms with van der Waals surface area (Å²) in [5, 5.41) is 9.62. The molecule has 2 aromatic carbocycles. The van der Waals surface area contributed by atoms with Crippen molar-refractivity contribution in [2.75, 3.05) is 18.6 Å². The SMILES string of the molecule is CC(C)(C)c1ccc(-c2nnc(SCCNS(C)(=O)=O)n2Cc2ccccc2)cc1. The molecule has 1 N–H and O–H groups in total. The molecule has 0 aliphatic rings. The first-order chi connectivity index (χ1) is 14.1.